The molecule has 0 amide bonds. The van der Waals surface area contributed by atoms with Gasteiger partial charge in [0.1, 0.15) is 0 Å². The second-order valence-corrected chi connectivity index (χ2v) is 5.83. The Morgan fingerprint density at radius 2 is 2.28 bits per heavy atom. The van der Waals surface area contributed by atoms with Crippen molar-refractivity contribution in [3.63, 3.8) is 0 Å². The van der Waals surface area contributed by atoms with E-state index < -0.39 is 5.60 Å². The highest BCUT2D eigenvalue weighted by Crippen LogP contribution is 2.51. The molecule has 2 aliphatic rings. The number of ether oxygens (including phenoxy) is 1. The summed E-state index contributed by atoms with van der Waals surface area (Å²) < 4.78 is 18.5. The molecular formula is C15H19FO2. The summed E-state index contributed by atoms with van der Waals surface area (Å²) in [6.45, 7) is 0. The molecule has 3 rings (SSSR count). The highest BCUT2D eigenvalue weighted by Gasteiger charge is 2.49. The summed E-state index contributed by atoms with van der Waals surface area (Å²) >= 11 is 0. The third-order valence-electron chi connectivity index (χ3n) is 4.67. The van der Waals surface area contributed by atoms with Crippen molar-refractivity contribution in [3.8, 4) is 5.75 Å². The molecule has 2 bridgehead atoms. The van der Waals surface area contributed by atoms with Crippen LogP contribution < -0.4 is 4.74 Å². The van der Waals surface area contributed by atoms with Gasteiger partial charge < -0.3 is 9.84 Å². The lowest BCUT2D eigenvalue weighted by Gasteiger charge is -2.32. The molecule has 2 saturated carbocycles. The zero-order chi connectivity index (χ0) is 12.8. The fourth-order valence-electron chi connectivity index (χ4n) is 3.80. The zero-order valence-electron chi connectivity index (χ0n) is 10.7. The molecule has 3 atom stereocenters. The third kappa shape index (κ3) is 1.91. The van der Waals surface area contributed by atoms with Crippen LogP contribution in [0.3, 0.4) is 0 Å². The maximum atomic E-state index is 13.6. The van der Waals surface area contributed by atoms with Crippen LogP contribution in [0, 0.1) is 17.7 Å². The minimum Gasteiger partial charge on any atom is -0.494 e. The van der Waals surface area contributed by atoms with Crippen LogP contribution >= 0.6 is 0 Å². The van der Waals surface area contributed by atoms with E-state index in [9.17, 15) is 9.50 Å². The van der Waals surface area contributed by atoms with Crippen molar-refractivity contribution in [2.75, 3.05) is 7.11 Å². The number of aliphatic hydroxyl groups is 1. The van der Waals surface area contributed by atoms with E-state index in [0.29, 0.717) is 18.3 Å². The number of methoxy groups -OCH3 is 1. The minimum atomic E-state index is -0.607. The summed E-state index contributed by atoms with van der Waals surface area (Å²) in [6.07, 6.45) is 4.97. The molecule has 0 aliphatic heterocycles. The lowest BCUT2D eigenvalue weighted by Crippen LogP contribution is -2.37. The van der Waals surface area contributed by atoms with Gasteiger partial charge in [-0.05, 0) is 55.2 Å². The third-order valence-corrected chi connectivity index (χ3v) is 4.67. The normalized spacial score (nSPS) is 33.9. The summed E-state index contributed by atoms with van der Waals surface area (Å²) in [5, 5.41) is 10.7. The Morgan fingerprint density at radius 1 is 1.44 bits per heavy atom. The summed E-state index contributed by atoms with van der Waals surface area (Å²) in [5.41, 5.74) is 0.257. The monoisotopic (exact) mass is 250 g/mol. The van der Waals surface area contributed by atoms with Crippen molar-refractivity contribution in [1.29, 1.82) is 0 Å². The number of rotatable bonds is 3. The van der Waals surface area contributed by atoms with Gasteiger partial charge in [0.2, 0.25) is 0 Å². The van der Waals surface area contributed by atoms with Gasteiger partial charge in [0, 0.05) is 6.42 Å². The molecule has 0 aromatic heterocycles. The van der Waals surface area contributed by atoms with Crippen molar-refractivity contribution in [3.05, 3.63) is 29.6 Å². The molecule has 0 spiro atoms. The minimum absolute atomic E-state index is 0.263. The average molecular weight is 250 g/mol. The standard InChI is InChI=1S/C15H19FO2/c1-18-14-5-3-11(7-13(14)16)9-15(17)8-10-2-4-12(15)6-10/h3,5,7,10,12,17H,2,4,6,8-9H2,1H3. The van der Waals surface area contributed by atoms with Gasteiger partial charge in [-0.3, -0.25) is 0 Å². The quantitative estimate of drug-likeness (QED) is 0.893. The van der Waals surface area contributed by atoms with E-state index in [-0.39, 0.29) is 11.6 Å². The van der Waals surface area contributed by atoms with Gasteiger partial charge in [0.15, 0.2) is 11.6 Å². The smallest absolute Gasteiger partial charge is 0.165 e. The van der Waals surface area contributed by atoms with E-state index in [1.54, 1.807) is 6.07 Å². The first kappa shape index (κ1) is 12.0. The topological polar surface area (TPSA) is 29.5 Å². The molecule has 18 heavy (non-hydrogen) atoms. The van der Waals surface area contributed by atoms with Crippen molar-refractivity contribution in [1.82, 2.24) is 0 Å². The average Bonchev–Trinajstić information content (AvgIpc) is 2.88. The molecule has 2 aliphatic carbocycles. The maximum absolute atomic E-state index is 13.6. The Hall–Kier alpha value is -1.09. The Kier molecular flexibility index (Phi) is 2.81. The Balaban J connectivity index is 1.78. The molecule has 98 valence electrons. The van der Waals surface area contributed by atoms with Crippen LogP contribution in [0.4, 0.5) is 4.39 Å². The summed E-state index contributed by atoms with van der Waals surface area (Å²) in [7, 11) is 1.46. The zero-order valence-corrected chi connectivity index (χ0v) is 10.7. The van der Waals surface area contributed by atoms with E-state index in [1.807, 2.05) is 6.07 Å². The van der Waals surface area contributed by atoms with Crippen LogP contribution in [0.15, 0.2) is 18.2 Å². The van der Waals surface area contributed by atoms with Crippen LogP contribution in [0.1, 0.15) is 31.2 Å². The van der Waals surface area contributed by atoms with E-state index in [0.717, 1.165) is 24.8 Å². The molecule has 3 unspecified atom stereocenters. The predicted octanol–water partition coefficient (Wildman–Crippen LogP) is 2.93. The first-order valence-corrected chi connectivity index (χ1v) is 6.65. The number of halogens is 1. The van der Waals surface area contributed by atoms with Crippen molar-refractivity contribution >= 4 is 0 Å². The Bertz CT molecular complexity index is 460. The lowest BCUT2D eigenvalue weighted by atomic mass is 9.80. The number of hydrogen-bond donors (Lipinski definition) is 1. The molecule has 0 saturated heterocycles. The van der Waals surface area contributed by atoms with Gasteiger partial charge in [0.25, 0.3) is 0 Å². The SMILES string of the molecule is COc1ccc(CC2(O)CC3CCC2C3)cc1F. The van der Waals surface area contributed by atoms with Gasteiger partial charge >= 0.3 is 0 Å². The fraction of sp³-hybridized carbons (Fsp3) is 0.600. The summed E-state index contributed by atoms with van der Waals surface area (Å²) in [5.74, 6) is 1.01. The van der Waals surface area contributed by atoms with Gasteiger partial charge in [0.05, 0.1) is 12.7 Å². The van der Waals surface area contributed by atoms with Crippen LogP contribution in [-0.2, 0) is 6.42 Å². The van der Waals surface area contributed by atoms with Crippen LogP contribution in [-0.4, -0.2) is 17.8 Å². The molecule has 1 N–H and O–H groups in total. The van der Waals surface area contributed by atoms with Crippen LogP contribution in [0.25, 0.3) is 0 Å². The second-order valence-electron chi connectivity index (χ2n) is 5.83. The number of benzene rings is 1. The molecule has 2 nitrogen and oxygen atoms in total. The maximum Gasteiger partial charge on any atom is 0.165 e. The van der Waals surface area contributed by atoms with E-state index in [1.165, 1.54) is 19.6 Å². The van der Waals surface area contributed by atoms with Gasteiger partial charge in [-0.25, -0.2) is 4.39 Å². The summed E-state index contributed by atoms with van der Waals surface area (Å²) in [4.78, 5) is 0. The van der Waals surface area contributed by atoms with E-state index >= 15 is 0 Å². The molecular weight excluding hydrogens is 231 g/mol. The Labute approximate surface area is 107 Å². The van der Waals surface area contributed by atoms with E-state index in [2.05, 4.69) is 0 Å². The first-order chi connectivity index (χ1) is 8.60. The van der Waals surface area contributed by atoms with Gasteiger partial charge in [-0.2, -0.15) is 0 Å². The van der Waals surface area contributed by atoms with Crippen molar-refractivity contribution in [2.45, 2.75) is 37.7 Å². The highest BCUT2D eigenvalue weighted by molar-refractivity contribution is 5.30. The van der Waals surface area contributed by atoms with Crippen LogP contribution in [0.2, 0.25) is 0 Å². The number of hydrogen-bond acceptors (Lipinski definition) is 2. The van der Waals surface area contributed by atoms with Crippen molar-refractivity contribution < 1.29 is 14.2 Å². The lowest BCUT2D eigenvalue weighted by molar-refractivity contribution is -0.0125. The molecule has 0 heterocycles. The molecule has 3 heteroatoms. The molecule has 1 aromatic rings. The van der Waals surface area contributed by atoms with Crippen LogP contribution in [0.5, 0.6) is 5.75 Å². The molecule has 1 aromatic carbocycles. The summed E-state index contributed by atoms with van der Waals surface area (Å²) in [6, 6.07) is 4.98. The van der Waals surface area contributed by atoms with E-state index in [4.69, 9.17) is 4.74 Å². The predicted molar refractivity (Wildman–Crippen MR) is 67.1 cm³/mol. The molecule has 0 radical (unpaired) electrons. The second kappa shape index (κ2) is 4.23. The number of fused-ring (bicyclic) bond motifs is 2. The van der Waals surface area contributed by atoms with Crippen molar-refractivity contribution in [2.24, 2.45) is 11.8 Å². The van der Waals surface area contributed by atoms with Gasteiger partial charge in [-0.15, -0.1) is 0 Å². The first-order valence-electron chi connectivity index (χ1n) is 6.65. The highest BCUT2D eigenvalue weighted by atomic mass is 19.1. The largest absolute Gasteiger partial charge is 0.494 e. The fourth-order valence-corrected chi connectivity index (χ4v) is 3.80. The molecule has 2 fully saturated rings. The van der Waals surface area contributed by atoms with Gasteiger partial charge in [-0.1, -0.05) is 6.07 Å². The Morgan fingerprint density at radius 3 is 2.83 bits per heavy atom.